The maximum Gasteiger partial charge on any atom is 0.231 e. The van der Waals surface area contributed by atoms with Crippen LogP contribution in [0.25, 0.3) is 32.0 Å². The Kier molecular flexibility index (Phi) is 4.44. The molecule has 3 heterocycles. The Hall–Kier alpha value is -3.70. The topological polar surface area (TPSA) is 59.2 Å². The van der Waals surface area contributed by atoms with Gasteiger partial charge in [-0.25, -0.2) is 4.98 Å². The van der Waals surface area contributed by atoms with Gasteiger partial charge in [0.15, 0.2) is 0 Å². The number of thiophene rings is 1. The first-order chi connectivity index (χ1) is 15.7. The molecule has 5 heteroatoms. The lowest BCUT2D eigenvalue weighted by molar-refractivity contribution is -0.117. The van der Waals surface area contributed by atoms with Crippen LogP contribution in [0.15, 0.2) is 78.3 Å². The van der Waals surface area contributed by atoms with Gasteiger partial charge in [0.2, 0.25) is 5.91 Å². The van der Waals surface area contributed by atoms with E-state index in [1.165, 1.54) is 16.3 Å². The smallest absolute Gasteiger partial charge is 0.231 e. The van der Waals surface area contributed by atoms with Gasteiger partial charge >= 0.3 is 0 Å². The monoisotopic (exact) mass is 435 g/mol. The number of carbonyl (C=O) groups is 1. The van der Waals surface area contributed by atoms with Crippen molar-refractivity contribution in [2.75, 3.05) is 17.2 Å². The van der Waals surface area contributed by atoms with Crippen LogP contribution < -0.4 is 10.6 Å². The van der Waals surface area contributed by atoms with E-state index in [2.05, 4.69) is 58.9 Å². The van der Waals surface area contributed by atoms with E-state index in [-0.39, 0.29) is 5.91 Å². The lowest BCUT2D eigenvalue weighted by Crippen LogP contribution is -2.30. The number of rotatable bonds is 3. The molecule has 0 saturated carbocycles. The first-order valence-corrected chi connectivity index (χ1v) is 11.6. The minimum absolute atomic E-state index is 0.140. The average molecular weight is 436 g/mol. The molecular weight excluding hydrogens is 414 g/mol. The number of nitrogens with two attached hydrogens (primary N) is 1. The molecular formula is C27H21N3OS. The Balaban J connectivity index is 1.28. The van der Waals surface area contributed by atoms with Crippen molar-refractivity contribution < 1.29 is 4.79 Å². The number of nitrogens with zero attached hydrogens (tertiary/aromatic N) is 2. The van der Waals surface area contributed by atoms with E-state index in [1.807, 2.05) is 23.1 Å². The fourth-order valence-electron chi connectivity index (χ4n) is 4.67. The third-order valence-electron chi connectivity index (χ3n) is 6.27. The molecule has 2 N–H and O–H groups in total. The average Bonchev–Trinajstić information content (AvgIpc) is 3.44. The minimum Gasteiger partial charge on any atom is -0.383 e. The van der Waals surface area contributed by atoms with E-state index in [9.17, 15) is 4.79 Å². The molecule has 0 radical (unpaired) electrons. The molecule has 0 spiro atoms. The Bertz CT molecular complexity index is 1500. The van der Waals surface area contributed by atoms with Gasteiger partial charge in [-0.2, -0.15) is 0 Å². The SMILES string of the molecule is Nc1nccc2scc(-c3ccc4c(c3)CCN4C(=O)Cc3ccc4ccccc4c3)c12. The number of nitrogen functional groups attached to an aromatic ring is 1. The molecule has 0 aliphatic carbocycles. The Morgan fingerprint density at radius 1 is 1.03 bits per heavy atom. The summed E-state index contributed by atoms with van der Waals surface area (Å²) >= 11 is 1.68. The molecule has 0 unspecified atom stereocenters. The van der Waals surface area contributed by atoms with Gasteiger partial charge in [-0.3, -0.25) is 4.79 Å². The highest BCUT2D eigenvalue weighted by atomic mass is 32.1. The van der Waals surface area contributed by atoms with Crippen molar-refractivity contribution in [3.8, 4) is 11.1 Å². The van der Waals surface area contributed by atoms with Gasteiger partial charge in [0.1, 0.15) is 5.82 Å². The molecule has 156 valence electrons. The molecule has 6 rings (SSSR count). The fourth-order valence-corrected chi connectivity index (χ4v) is 5.64. The van der Waals surface area contributed by atoms with Crippen LogP contribution in [0, 0.1) is 0 Å². The van der Waals surface area contributed by atoms with Crippen LogP contribution in [-0.4, -0.2) is 17.4 Å². The predicted octanol–water partition coefficient (Wildman–Crippen LogP) is 5.83. The standard InChI is InChI=1S/C27H21N3OS/c28-27-26-22(16-32-24(26)9-11-29-27)20-7-8-23-21(15-20)10-12-30(23)25(31)14-17-5-6-18-3-1-2-4-19(18)13-17/h1-9,11,13,15-16H,10,12,14H2,(H2,28,29). The number of amides is 1. The second-order valence-electron chi connectivity index (χ2n) is 8.22. The zero-order valence-electron chi connectivity index (χ0n) is 17.4. The Morgan fingerprint density at radius 3 is 2.81 bits per heavy atom. The van der Waals surface area contributed by atoms with Gasteiger partial charge in [-0.05, 0) is 57.5 Å². The van der Waals surface area contributed by atoms with Crippen molar-refractivity contribution in [3.63, 3.8) is 0 Å². The summed E-state index contributed by atoms with van der Waals surface area (Å²) in [5, 5.41) is 5.52. The van der Waals surface area contributed by atoms with Crippen LogP contribution in [-0.2, 0) is 17.6 Å². The lowest BCUT2D eigenvalue weighted by Gasteiger charge is -2.18. The second-order valence-corrected chi connectivity index (χ2v) is 9.13. The number of pyridine rings is 1. The molecule has 0 fully saturated rings. The van der Waals surface area contributed by atoms with E-state index >= 15 is 0 Å². The van der Waals surface area contributed by atoms with Gasteiger partial charge in [0.25, 0.3) is 0 Å². The van der Waals surface area contributed by atoms with Crippen LogP contribution in [0.2, 0.25) is 0 Å². The van der Waals surface area contributed by atoms with E-state index in [0.717, 1.165) is 45.4 Å². The van der Waals surface area contributed by atoms with Gasteiger partial charge in [-0.1, -0.05) is 48.5 Å². The fraction of sp³-hybridized carbons (Fsp3) is 0.111. The normalized spacial score (nSPS) is 13.1. The number of fused-ring (bicyclic) bond motifs is 3. The summed E-state index contributed by atoms with van der Waals surface area (Å²) in [7, 11) is 0. The van der Waals surface area contributed by atoms with Gasteiger partial charge in [0.05, 0.1) is 6.42 Å². The predicted molar refractivity (Wildman–Crippen MR) is 133 cm³/mol. The van der Waals surface area contributed by atoms with Crippen molar-refractivity contribution in [1.82, 2.24) is 4.98 Å². The van der Waals surface area contributed by atoms with E-state index in [0.29, 0.717) is 12.2 Å². The van der Waals surface area contributed by atoms with Gasteiger partial charge in [-0.15, -0.1) is 11.3 Å². The molecule has 1 amide bonds. The highest BCUT2D eigenvalue weighted by Crippen LogP contribution is 2.39. The van der Waals surface area contributed by atoms with Crippen LogP contribution in [0.1, 0.15) is 11.1 Å². The maximum absolute atomic E-state index is 13.1. The number of hydrogen-bond acceptors (Lipinski definition) is 4. The zero-order chi connectivity index (χ0) is 21.7. The molecule has 0 atom stereocenters. The summed E-state index contributed by atoms with van der Waals surface area (Å²) in [6.07, 6.45) is 3.02. The summed E-state index contributed by atoms with van der Waals surface area (Å²) < 4.78 is 1.14. The van der Waals surface area contributed by atoms with Crippen LogP contribution >= 0.6 is 11.3 Å². The largest absolute Gasteiger partial charge is 0.383 e. The molecule has 1 aliphatic heterocycles. The molecule has 3 aromatic carbocycles. The van der Waals surface area contributed by atoms with Crippen LogP contribution in [0.4, 0.5) is 11.5 Å². The molecule has 32 heavy (non-hydrogen) atoms. The molecule has 4 nitrogen and oxygen atoms in total. The van der Waals surface area contributed by atoms with Crippen molar-refractivity contribution >= 4 is 49.6 Å². The molecule has 5 aromatic rings. The van der Waals surface area contributed by atoms with Gasteiger partial charge in [0, 0.05) is 34.1 Å². The number of carbonyl (C=O) groups excluding carboxylic acids is 1. The third kappa shape index (κ3) is 3.13. The molecule has 0 saturated heterocycles. The maximum atomic E-state index is 13.1. The van der Waals surface area contributed by atoms with Crippen molar-refractivity contribution in [2.24, 2.45) is 0 Å². The van der Waals surface area contributed by atoms with Crippen molar-refractivity contribution in [2.45, 2.75) is 12.8 Å². The summed E-state index contributed by atoms with van der Waals surface area (Å²) in [5.74, 6) is 0.702. The summed E-state index contributed by atoms with van der Waals surface area (Å²) in [6.45, 7) is 0.722. The van der Waals surface area contributed by atoms with Gasteiger partial charge < -0.3 is 10.6 Å². The van der Waals surface area contributed by atoms with Crippen molar-refractivity contribution in [3.05, 3.63) is 89.4 Å². The Morgan fingerprint density at radius 2 is 1.91 bits per heavy atom. The van der Waals surface area contributed by atoms with Crippen molar-refractivity contribution in [1.29, 1.82) is 0 Å². The zero-order valence-corrected chi connectivity index (χ0v) is 18.2. The quantitative estimate of drug-likeness (QED) is 0.388. The highest BCUT2D eigenvalue weighted by Gasteiger charge is 2.25. The first-order valence-electron chi connectivity index (χ1n) is 10.7. The van der Waals surface area contributed by atoms with E-state index < -0.39 is 0 Å². The summed E-state index contributed by atoms with van der Waals surface area (Å²) in [4.78, 5) is 19.3. The molecule has 2 aromatic heterocycles. The van der Waals surface area contributed by atoms with E-state index in [4.69, 9.17) is 5.73 Å². The Labute approximate surface area is 189 Å². The number of benzene rings is 3. The summed E-state index contributed by atoms with van der Waals surface area (Å²) in [6, 6.07) is 22.9. The van der Waals surface area contributed by atoms with Crippen LogP contribution in [0.5, 0.6) is 0 Å². The molecule has 1 aliphatic rings. The first kappa shape index (κ1) is 19.0. The lowest BCUT2D eigenvalue weighted by atomic mass is 10.0. The molecule has 0 bridgehead atoms. The highest BCUT2D eigenvalue weighted by molar-refractivity contribution is 7.17. The third-order valence-corrected chi connectivity index (χ3v) is 7.22. The van der Waals surface area contributed by atoms with Crippen LogP contribution in [0.3, 0.4) is 0 Å². The summed E-state index contributed by atoms with van der Waals surface area (Å²) in [5.41, 5.74) is 11.7. The van der Waals surface area contributed by atoms with E-state index in [1.54, 1.807) is 17.5 Å². The minimum atomic E-state index is 0.140. The number of aromatic nitrogens is 1. The number of hydrogen-bond donors (Lipinski definition) is 1. The number of anilines is 2. The second kappa shape index (κ2) is 7.46.